The molecule has 2 aliphatic heterocycles. The second-order valence-corrected chi connectivity index (χ2v) is 5.91. The Morgan fingerprint density at radius 2 is 1.92 bits per heavy atom. The Hall–Kier alpha value is -3.08. The van der Waals surface area contributed by atoms with Gasteiger partial charge in [-0.1, -0.05) is 0 Å². The number of aryl methyl sites for hydroxylation is 1. The molecule has 5 heteroatoms. The number of fused-ring (bicyclic) bond motifs is 2. The van der Waals surface area contributed by atoms with Gasteiger partial charge >= 0.3 is 0 Å². The van der Waals surface area contributed by atoms with Gasteiger partial charge in [-0.3, -0.25) is 4.99 Å². The molecule has 1 aromatic heterocycles. The summed E-state index contributed by atoms with van der Waals surface area (Å²) in [6, 6.07) is 12.4. The first kappa shape index (κ1) is 13.4. The van der Waals surface area contributed by atoms with E-state index in [-0.39, 0.29) is 0 Å². The number of hydrogen-bond donors (Lipinski definition) is 0. The van der Waals surface area contributed by atoms with Crippen LogP contribution in [0.4, 0.5) is 5.69 Å². The van der Waals surface area contributed by atoms with Crippen LogP contribution >= 0.6 is 0 Å². The van der Waals surface area contributed by atoms with Crippen molar-refractivity contribution in [2.75, 3.05) is 6.79 Å². The molecule has 0 saturated heterocycles. The molecular formula is C19H15N3O2. The van der Waals surface area contributed by atoms with Crippen molar-refractivity contribution in [1.29, 1.82) is 0 Å². The summed E-state index contributed by atoms with van der Waals surface area (Å²) in [7, 11) is 0. The van der Waals surface area contributed by atoms with Crippen molar-refractivity contribution in [1.82, 2.24) is 9.55 Å². The van der Waals surface area contributed by atoms with Crippen LogP contribution in [0.1, 0.15) is 17.5 Å². The molecule has 3 heterocycles. The van der Waals surface area contributed by atoms with Crippen molar-refractivity contribution >= 4 is 11.4 Å². The molecule has 0 atom stereocenters. The molecule has 0 spiro atoms. The molecule has 0 amide bonds. The third-order valence-corrected chi connectivity index (χ3v) is 4.46. The van der Waals surface area contributed by atoms with Gasteiger partial charge in [0.2, 0.25) is 6.79 Å². The van der Waals surface area contributed by atoms with Gasteiger partial charge in [-0.15, -0.1) is 0 Å². The maximum absolute atomic E-state index is 5.47. The molecule has 0 aliphatic carbocycles. The number of aliphatic imine (C=N–C) groups is 1. The van der Waals surface area contributed by atoms with Crippen molar-refractivity contribution in [2.24, 2.45) is 4.99 Å². The minimum atomic E-state index is 0.297. The van der Waals surface area contributed by atoms with E-state index in [2.05, 4.69) is 29.2 Å². The van der Waals surface area contributed by atoms with Gasteiger partial charge in [0.05, 0.1) is 12.0 Å². The number of benzene rings is 2. The fourth-order valence-electron chi connectivity index (χ4n) is 3.19. The summed E-state index contributed by atoms with van der Waals surface area (Å²) < 4.78 is 12.9. The molecule has 0 bridgehead atoms. The van der Waals surface area contributed by atoms with Gasteiger partial charge in [-0.05, 0) is 60.4 Å². The van der Waals surface area contributed by atoms with Crippen molar-refractivity contribution < 1.29 is 9.47 Å². The lowest BCUT2D eigenvalue weighted by Crippen LogP contribution is -2.08. The van der Waals surface area contributed by atoms with E-state index in [1.54, 1.807) is 6.20 Å². The van der Waals surface area contributed by atoms with Crippen LogP contribution in [-0.4, -0.2) is 22.1 Å². The normalized spacial score (nSPS) is 15.1. The average Bonchev–Trinajstić information content (AvgIpc) is 3.31. The highest BCUT2D eigenvalue weighted by atomic mass is 16.7. The van der Waals surface area contributed by atoms with Crippen LogP contribution in [0.5, 0.6) is 11.5 Å². The molecule has 3 aromatic rings. The average molecular weight is 317 g/mol. The summed E-state index contributed by atoms with van der Waals surface area (Å²) in [6.07, 6.45) is 7.44. The van der Waals surface area contributed by atoms with E-state index in [0.717, 1.165) is 47.0 Å². The van der Waals surface area contributed by atoms with Gasteiger partial charge in [0.15, 0.2) is 11.5 Å². The monoisotopic (exact) mass is 317 g/mol. The van der Waals surface area contributed by atoms with E-state index in [1.165, 1.54) is 5.56 Å². The van der Waals surface area contributed by atoms with E-state index in [1.807, 2.05) is 29.2 Å². The second kappa shape index (κ2) is 5.23. The lowest BCUT2D eigenvalue weighted by Gasteiger charge is -2.17. The summed E-state index contributed by atoms with van der Waals surface area (Å²) >= 11 is 0. The Labute approximate surface area is 139 Å². The van der Waals surface area contributed by atoms with Crippen LogP contribution in [0.3, 0.4) is 0 Å². The van der Waals surface area contributed by atoms with Crippen LogP contribution in [-0.2, 0) is 6.42 Å². The Morgan fingerprint density at radius 1 is 0.958 bits per heavy atom. The lowest BCUT2D eigenvalue weighted by molar-refractivity contribution is 0.174. The molecule has 0 fully saturated rings. The van der Waals surface area contributed by atoms with Crippen LogP contribution < -0.4 is 9.47 Å². The summed E-state index contributed by atoms with van der Waals surface area (Å²) in [6.45, 7) is 0.297. The second-order valence-electron chi connectivity index (χ2n) is 5.91. The third kappa shape index (κ3) is 2.17. The van der Waals surface area contributed by atoms with Gasteiger partial charge < -0.3 is 14.0 Å². The Kier molecular flexibility index (Phi) is 2.91. The summed E-state index contributed by atoms with van der Waals surface area (Å²) in [4.78, 5) is 8.96. The summed E-state index contributed by atoms with van der Waals surface area (Å²) in [5.74, 6) is 1.61. The van der Waals surface area contributed by atoms with Crippen LogP contribution in [0, 0.1) is 0 Å². The largest absolute Gasteiger partial charge is 0.454 e. The highest BCUT2D eigenvalue weighted by molar-refractivity contribution is 6.03. The highest BCUT2D eigenvalue weighted by Gasteiger charge is 2.18. The maximum atomic E-state index is 5.47. The Morgan fingerprint density at radius 3 is 2.83 bits per heavy atom. The van der Waals surface area contributed by atoms with Crippen molar-refractivity contribution in [3.05, 3.63) is 66.2 Å². The maximum Gasteiger partial charge on any atom is 0.231 e. The molecule has 0 N–H and O–H groups in total. The highest BCUT2D eigenvalue weighted by Crippen LogP contribution is 2.35. The van der Waals surface area contributed by atoms with E-state index >= 15 is 0 Å². The molecule has 0 unspecified atom stereocenters. The van der Waals surface area contributed by atoms with Gasteiger partial charge in [-0.25, -0.2) is 4.98 Å². The topological polar surface area (TPSA) is 48.6 Å². The number of rotatable bonds is 2. The molecular weight excluding hydrogens is 302 g/mol. The molecule has 24 heavy (non-hydrogen) atoms. The first-order valence-corrected chi connectivity index (χ1v) is 7.96. The molecule has 5 nitrogen and oxygen atoms in total. The first-order chi connectivity index (χ1) is 11.9. The SMILES string of the molecule is c1cn(-c2ccc3c(c2)CCC(c2ccc4c(c2)OCO4)=N3)cn1. The minimum absolute atomic E-state index is 0.297. The summed E-state index contributed by atoms with van der Waals surface area (Å²) in [5.41, 5.74) is 5.62. The molecule has 2 aliphatic rings. The van der Waals surface area contributed by atoms with Crippen molar-refractivity contribution in [2.45, 2.75) is 12.8 Å². The van der Waals surface area contributed by atoms with E-state index in [0.29, 0.717) is 6.79 Å². The van der Waals surface area contributed by atoms with E-state index in [9.17, 15) is 0 Å². The van der Waals surface area contributed by atoms with Gasteiger partial charge in [-0.2, -0.15) is 0 Å². The van der Waals surface area contributed by atoms with Crippen LogP contribution in [0.25, 0.3) is 5.69 Å². The molecule has 118 valence electrons. The zero-order chi connectivity index (χ0) is 15.9. The lowest BCUT2D eigenvalue weighted by atomic mass is 9.96. The molecule has 0 radical (unpaired) electrons. The predicted molar refractivity (Wildman–Crippen MR) is 90.6 cm³/mol. The van der Waals surface area contributed by atoms with Gasteiger partial charge in [0.25, 0.3) is 0 Å². The molecule has 5 rings (SSSR count). The van der Waals surface area contributed by atoms with Crippen LogP contribution in [0.2, 0.25) is 0 Å². The number of aromatic nitrogens is 2. The number of nitrogens with zero attached hydrogens (tertiary/aromatic N) is 3. The minimum Gasteiger partial charge on any atom is -0.454 e. The zero-order valence-corrected chi connectivity index (χ0v) is 13.0. The Balaban J connectivity index is 1.51. The van der Waals surface area contributed by atoms with Crippen LogP contribution in [0.15, 0.2) is 60.1 Å². The smallest absolute Gasteiger partial charge is 0.231 e. The van der Waals surface area contributed by atoms with Gasteiger partial charge in [0, 0.05) is 23.8 Å². The molecule has 0 saturated carbocycles. The summed E-state index contributed by atoms with van der Waals surface area (Å²) in [5, 5.41) is 0. The Bertz CT molecular complexity index is 945. The predicted octanol–water partition coefficient (Wildman–Crippen LogP) is 3.67. The quantitative estimate of drug-likeness (QED) is 0.724. The number of ether oxygens (including phenoxy) is 2. The third-order valence-electron chi connectivity index (χ3n) is 4.46. The van der Waals surface area contributed by atoms with E-state index < -0.39 is 0 Å². The van der Waals surface area contributed by atoms with Crippen molar-refractivity contribution in [3.63, 3.8) is 0 Å². The molecule has 2 aromatic carbocycles. The van der Waals surface area contributed by atoms with Gasteiger partial charge in [0.1, 0.15) is 0 Å². The van der Waals surface area contributed by atoms with Crippen molar-refractivity contribution in [3.8, 4) is 17.2 Å². The fourth-order valence-corrected chi connectivity index (χ4v) is 3.19. The standard InChI is InChI=1S/C19H15N3O2/c1-4-16(14-2-6-18-19(10-14)24-12-23-18)21-17-5-3-15(9-13(1)17)22-8-7-20-11-22/h2-3,5-11H,1,4,12H2. The number of hydrogen-bond acceptors (Lipinski definition) is 4. The number of imidazole rings is 1. The first-order valence-electron chi connectivity index (χ1n) is 7.96. The van der Waals surface area contributed by atoms with E-state index in [4.69, 9.17) is 14.5 Å². The zero-order valence-electron chi connectivity index (χ0n) is 13.0. The fraction of sp³-hybridized carbons (Fsp3) is 0.158.